The summed E-state index contributed by atoms with van der Waals surface area (Å²) in [6.07, 6.45) is 3.00. The van der Waals surface area contributed by atoms with Crippen molar-refractivity contribution in [2.24, 2.45) is 0 Å². The maximum atomic E-state index is 14.7. The van der Waals surface area contributed by atoms with Crippen molar-refractivity contribution in [3.05, 3.63) is 71.6 Å². The van der Waals surface area contributed by atoms with E-state index in [4.69, 9.17) is 14.2 Å². The van der Waals surface area contributed by atoms with Crippen LogP contribution < -0.4 is 19.5 Å². The summed E-state index contributed by atoms with van der Waals surface area (Å²) in [5, 5.41) is 11.0. The number of pyridine rings is 2. The standard InChI is InChI=1S/C23H20FN5O4S/c1-13-9-16(20-18(24)5-4-6-19(20)32-3)17(11-26-13)21(30)27-22-28-29-23(34-22)33-12-14-10-15(31-2)7-8-25-14/h4-11H,12H2,1-3H3,(H,27,28,30). The van der Waals surface area contributed by atoms with E-state index in [9.17, 15) is 9.18 Å². The van der Waals surface area contributed by atoms with E-state index in [0.29, 0.717) is 28.5 Å². The molecule has 1 aromatic carbocycles. The molecule has 1 N–H and O–H groups in total. The summed E-state index contributed by atoms with van der Waals surface area (Å²) in [6, 6.07) is 9.57. The summed E-state index contributed by atoms with van der Waals surface area (Å²) in [7, 11) is 3.01. The van der Waals surface area contributed by atoms with Gasteiger partial charge in [-0.1, -0.05) is 11.2 Å². The van der Waals surface area contributed by atoms with E-state index in [0.717, 1.165) is 11.3 Å². The van der Waals surface area contributed by atoms with Gasteiger partial charge in [-0.3, -0.25) is 20.1 Å². The lowest BCUT2D eigenvalue weighted by atomic mass is 9.98. The number of ether oxygens (including phenoxy) is 3. The molecule has 3 aromatic heterocycles. The van der Waals surface area contributed by atoms with E-state index in [2.05, 4.69) is 25.5 Å². The fourth-order valence-corrected chi connectivity index (χ4v) is 3.75. The van der Waals surface area contributed by atoms with Crippen LogP contribution in [0.5, 0.6) is 16.7 Å². The Balaban J connectivity index is 1.53. The molecule has 34 heavy (non-hydrogen) atoms. The van der Waals surface area contributed by atoms with Gasteiger partial charge in [-0.05, 0) is 42.5 Å². The van der Waals surface area contributed by atoms with E-state index in [-0.39, 0.29) is 28.1 Å². The smallest absolute Gasteiger partial charge is 0.296 e. The molecule has 4 rings (SSSR count). The van der Waals surface area contributed by atoms with Crippen LogP contribution in [-0.2, 0) is 6.61 Å². The Hall–Kier alpha value is -4.12. The number of carbonyl (C=O) groups is 1. The Kier molecular flexibility index (Phi) is 6.93. The van der Waals surface area contributed by atoms with Crippen molar-refractivity contribution in [2.45, 2.75) is 13.5 Å². The predicted octanol–water partition coefficient (Wildman–Crippen LogP) is 4.29. The Bertz CT molecular complexity index is 1330. The van der Waals surface area contributed by atoms with Crippen LogP contribution in [0, 0.1) is 12.7 Å². The van der Waals surface area contributed by atoms with E-state index in [1.54, 1.807) is 44.5 Å². The lowest BCUT2D eigenvalue weighted by molar-refractivity contribution is 0.102. The zero-order chi connectivity index (χ0) is 24.1. The van der Waals surface area contributed by atoms with Gasteiger partial charge in [0.2, 0.25) is 5.13 Å². The highest BCUT2D eigenvalue weighted by Gasteiger charge is 2.21. The van der Waals surface area contributed by atoms with Crippen LogP contribution in [0.2, 0.25) is 0 Å². The molecule has 0 aliphatic rings. The fourth-order valence-electron chi connectivity index (χ4n) is 3.16. The van der Waals surface area contributed by atoms with Gasteiger partial charge >= 0.3 is 0 Å². The molecule has 0 spiro atoms. The number of aromatic nitrogens is 4. The number of methoxy groups -OCH3 is 2. The third kappa shape index (κ3) is 5.09. The number of hydrogen-bond donors (Lipinski definition) is 1. The first-order valence-corrected chi connectivity index (χ1v) is 10.9. The molecular weight excluding hydrogens is 461 g/mol. The molecule has 0 saturated heterocycles. The molecule has 3 heterocycles. The van der Waals surface area contributed by atoms with Crippen molar-refractivity contribution >= 4 is 22.4 Å². The summed E-state index contributed by atoms with van der Waals surface area (Å²) in [5.41, 5.74) is 1.95. The van der Waals surface area contributed by atoms with Gasteiger partial charge in [0.05, 0.1) is 31.0 Å². The van der Waals surface area contributed by atoms with Crippen LogP contribution in [0.3, 0.4) is 0 Å². The van der Waals surface area contributed by atoms with Crippen molar-refractivity contribution in [3.8, 4) is 27.8 Å². The zero-order valence-electron chi connectivity index (χ0n) is 18.5. The molecule has 1 amide bonds. The second-order valence-corrected chi connectivity index (χ2v) is 7.93. The van der Waals surface area contributed by atoms with E-state index in [1.807, 2.05) is 0 Å². The summed E-state index contributed by atoms with van der Waals surface area (Å²) in [5.74, 6) is -0.0769. The Morgan fingerprint density at radius 2 is 1.97 bits per heavy atom. The molecule has 0 aliphatic heterocycles. The maximum absolute atomic E-state index is 14.7. The van der Waals surface area contributed by atoms with Gasteiger partial charge < -0.3 is 14.2 Å². The fraction of sp³-hybridized carbons (Fsp3) is 0.174. The molecule has 0 bridgehead atoms. The summed E-state index contributed by atoms with van der Waals surface area (Å²) in [6.45, 7) is 1.91. The van der Waals surface area contributed by atoms with Gasteiger partial charge in [0.25, 0.3) is 11.1 Å². The quantitative estimate of drug-likeness (QED) is 0.397. The Labute approximate surface area is 198 Å². The van der Waals surface area contributed by atoms with Crippen molar-refractivity contribution in [3.63, 3.8) is 0 Å². The normalized spacial score (nSPS) is 10.6. The summed E-state index contributed by atoms with van der Waals surface area (Å²) >= 11 is 1.05. The van der Waals surface area contributed by atoms with Crippen LogP contribution in [0.15, 0.2) is 48.8 Å². The second-order valence-electron chi connectivity index (χ2n) is 6.99. The molecular formula is C23H20FN5O4S. The van der Waals surface area contributed by atoms with E-state index in [1.165, 1.54) is 25.4 Å². The van der Waals surface area contributed by atoms with Crippen LogP contribution in [0.25, 0.3) is 11.1 Å². The van der Waals surface area contributed by atoms with Crippen molar-refractivity contribution in [1.82, 2.24) is 20.2 Å². The first-order valence-electron chi connectivity index (χ1n) is 10.0. The van der Waals surface area contributed by atoms with Crippen LogP contribution >= 0.6 is 11.3 Å². The van der Waals surface area contributed by atoms with Gasteiger partial charge in [0, 0.05) is 29.7 Å². The Morgan fingerprint density at radius 3 is 2.76 bits per heavy atom. The number of anilines is 1. The molecule has 0 aliphatic carbocycles. The highest BCUT2D eigenvalue weighted by Crippen LogP contribution is 2.35. The van der Waals surface area contributed by atoms with Crippen molar-refractivity contribution in [1.29, 1.82) is 0 Å². The van der Waals surface area contributed by atoms with Crippen molar-refractivity contribution in [2.75, 3.05) is 19.5 Å². The van der Waals surface area contributed by atoms with Gasteiger partial charge in [0.15, 0.2) is 0 Å². The number of amides is 1. The number of rotatable bonds is 8. The molecule has 4 aromatic rings. The van der Waals surface area contributed by atoms with Crippen molar-refractivity contribution < 1.29 is 23.4 Å². The highest BCUT2D eigenvalue weighted by molar-refractivity contribution is 7.17. The first kappa shape index (κ1) is 23.1. The third-order valence-electron chi connectivity index (χ3n) is 4.74. The van der Waals surface area contributed by atoms with E-state index >= 15 is 0 Å². The lowest BCUT2D eigenvalue weighted by Gasteiger charge is -2.14. The predicted molar refractivity (Wildman–Crippen MR) is 124 cm³/mol. The van der Waals surface area contributed by atoms with Gasteiger partial charge in [-0.25, -0.2) is 4.39 Å². The molecule has 0 unspecified atom stereocenters. The highest BCUT2D eigenvalue weighted by atomic mass is 32.1. The third-order valence-corrected chi connectivity index (χ3v) is 5.50. The minimum absolute atomic E-state index is 0.152. The summed E-state index contributed by atoms with van der Waals surface area (Å²) < 4.78 is 30.8. The SMILES string of the molecule is COc1ccnc(COc2nnc(NC(=O)c3cnc(C)cc3-c3c(F)cccc3OC)s2)c1. The molecule has 11 heteroatoms. The number of hydrogen-bond acceptors (Lipinski definition) is 9. The molecule has 0 atom stereocenters. The largest absolute Gasteiger partial charge is 0.497 e. The average Bonchev–Trinajstić information content (AvgIpc) is 3.29. The number of benzene rings is 1. The molecule has 0 saturated carbocycles. The van der Waals surface area contributed by atoms with Crippen LogP contribution in [0.4, 0.5) is 9.52 Å². The molecule has 174 valence electrons. The second kappa shape index (κ2) is 10.2. The number of aryl methyl sites for hydroxylation is 1. The number of halogens is 1. The molecule has 9 nitrogen and oxygen atoms in total. The first-order chi connectivity index (χ1) is 16.5. The van der Waals surface area contributed by atoms with Gasteiger partial charge in [-0.2, -0.15) is 0 Å². The van der Waals surface area contributed by atoms with Gasteiger partial charge in [0.1, 0.15) is 23.9 Å². The van der Waals surface area contributed by atoms with Gasteiger partial charge in [-0.15, -0.1) is 5.10 Å². The summed E-state index contributed by atoms with van der Waals surface area (Å²) in [4.78, 5) is 21.4. The van der Waals surface area contributed by atoms with Crippen LogP contribution in [-0.4, -0.2) is 40.3 Å². The number of carbonyl (C=O) groups excluding carboxylic acids is 1. The minimum Gasteiger partial charge on any atom is -0.497 e. The monoisotopic (exact) mass is 481 g/mol. The number of nitrogens with one attached hydrogen (secondary N) is 1. The lowest BCUT2D eigenvalue weighted by Crippen LogP contribution is -2.14. The van der Waals surface area contributed by atoms with Crippen LogP contribution in [0.1, 0.15) is 21.7 Å². The van der Waals surface area contributed by atoms with E-state index < -0.39 is 11.7 Å². The molecule has 0 fully saturated rings. The topological polar surface area (TPSA) is 108 Å². The zero-order valence-corrected chi connectivity index (χ0v) is 19.4. The minimum atomic E-state index is -0.523. The molecule has 0 radical (unpaired) electrons. The maximum Gasteiger partial charge on any atom is 0.296 e. The Morgan fingerprint density at radius 1 is 1.12 bits per heavy atom. The average molecular weight is 482 g/mol. The number of nitrogens with zero attached hydrogens (tertiary/aromatic N) is 4.